The third-order valence-corrected chi connectivity index (χ3v) is 4.82. The van der Waals surface area contributed by atoms with Crippen LogP contribution in [0.15, 0.2) is 70.3 Å². The van der Waals surface area contributed by atoms with Gasteiger partial charge in [-0.3, -0.25) is 9.78 Å². The first kappa shape index (κ1) is 19.1. The second kappa shape index (κ2) is 8.43. The molecule has 3 heterocycles. The van der Waals surface area contributed by atoms with Gasteiger partial charge in [0.15, 0.2) is 11.7 Å². The molecule has 0 amide bonds. The Morgan fingerprint density at radius 1 is 1.17 bits per heavy atom. The number of hydrogen-bond acceptors (Lipinski definition) is 5. The van der Waals surface area contributed by atoms with Crippen LogP contribution < -0.4 is 5.56 Å². The number of methoxy groups -OCH3 is 1. The molecular formula is C22H18ClN3O3. The van der Waals surface area contributed by atoms with Gasteiger partial charge in [0.2, 0.25) is 0 Å². The van der Waals surface area contributed by atoms with Crippen LogP contribution in [0.5, 0.6) is 0 Å². The van der Waals surface area contributed by atoms with Crippen LogP contribution in [-0.2, 0) is 17.8 Å². The number of aromatic nitrogens is 3. The van der Waals surface area contributed by atoms with E-state index in [1.807, 2.05) is 24.3 Å². The van der Waals surface area contributed by atoms with Gasteiger partial charge in [-0.05, 0) is 41.5 Å². The molecular weight excluding hydrogens is 390 g/mol. The largest absolute Gasteiger partial charge is 0.440 e. The van der Waals surface area contributed by atoms with Gasteiger partial charge >= 0.3 is 0 Å². The van der Waals surface area contributed by atoms with E-state index in [-0.39, 0.29) is 5.56 Å². The smallest absolute Gasteiger partial charge is 0.257 e. The third kappa shape index (κ3) is 4.29. The first-order chi connectivity index (χ1) is 14.1. The molecule has 0 unspecified atom stereocenters. The van der Waals surface area contributed by atoms with E-state index in [4.69, 9.17) is 20.8 Å². The van der Waals surface area contributed by atoms with Gasteiger partial charge in [0.1, 0.15) is 0 Å². The van der Waals surface area contributed by atoms with Gasteiger partial charge in [-0.15, -0.1) is 0 Å². The zero-order chi connectivity index (χ0) is 20.2. The van der Waals surface area contributed by atoms with Crippen molar-refractivity contribution in [2.75, 3.05) is 7.11 Å². The number of nitrogens with one attached hydrogen (secondary N) is 1. The molecule has 1 aromatic carbocycles. The lowest BCUT2D eigenvalue weighted by molar-refractivity contribution is 0.185. The van der Waals surface area contributed by atoms with Crippen molar-refractivity contribution in [1.82, 2.24) is 15.0 Å². The molecule has 4 rings (SSSR count). The number of halogens is 1. The van der Waals surface area contributed by atoms with Crippen molar-refractivity contribution in [3.63, 3.8) is 0 Å². The maximum absolute atomic E-state index is 12.0. The van der Waals surface area contributed by atoms with Gasteiger partial charge in [-0.2, -0.15) is 0 Å². The number of oxazole rings is 1. The number of nitrogens with zero attached hydrogens (tertiary/aromatic N) is 2. The summed E-state index contributed by atoms with van der Waals surface area (Å²) in [6.45, 7) is 0.513. The van der Waals surface area contributed by atoms with E-state index >= 15 is 0 Å². The molecule has 0 fully saturated rings. The molecule has 6 nitrogen and oxygen atoms in total. The zero-order valence-electron chi connectivity index (χ0n) is 15.7. The average molecular weight is 408 g/mol. The first-order valence-electron chi connectivity index (χ1n) is 8.99. The summed E-state index contributed by atoms with van der Waals surface area (Å²) < 4.78 is 11.1. The third-order valence-electron chi connectivity index (χ3n) is 4.45. The summed E-state index contributed by atoms with van der Waals surface area (Å²) >= 11 is 6.32. The molecule has 0 atom stereocenters. The summed E-state index contributed by atoms with van der Waals surface area (Å²) in [6.07, 6.45) is 5.36. The standard InChI is InChI=1S/C22H18ClN3O3/c1-28-13-14-4-5-18(23)16(9-14)11-21-26-12-20(29-21)15-6-8-24-19(10-15)17-3-2-7-25-22(17)27/h2-10,12H,11,13H2,1H3,(H,25,27). The molecule has 3 aromatic heterocycles. The average Bonchev–Trinajstić information content (AvgIpc) is 3.20. The van der Waals surface area contributed by atoms with Crippen molar-refractivity contribution >= 4 is 11.6 Å². The first-order valence-corrected chi connectivity index (χ1v) is 9.37. The van der Waals surface area contributed by atoms with Crippen LogP contribution in [0.25, 0.3) is 22.6 Å². The maximum Gasteiger partial charge on any atom is 0.257 e. The fraction of sp³-hybridized carbons (Fsp3) is 0.136. The van der Waals surface area contributed by atoms with Crippen LogP contribution in [0.3, 0.4) is 0 Å². The van der Waals surface area contributed by atoms with Crippen LogP contribution in [0.4, 0.5) is 0 Å². The minimum atomic E-state index is -0.194. The second-order valence-electron chi connectivity index (χ2n) is 6.50. The van der Waals surface area contributed by atoms with E-state index < -0.39 is 0 Å². The molecule has 0 aliphatic rings. The maximum atomic E-state index is 12.0. The number of H-pyrrole nitrogens is 1. The summed E-state index contributed by atoms with van der Waals surface area (Å²) in [6, 6.07) is 12.9. The van der Waals surface area contributed by atoms with Gasteiger partial charge in [-0.1, -0.05) is 23.7 Å². The minimum Gasteiger partial charge on any atom is -0.440 e. The molecule has 0 saturated heterocycles. The predicted molar refractivity (Wildman–Crippen MR) is 111 cm³/mol. The number of aromatic amines is 1. The summed E-state index contributed by atoms with van der Waals surface area (Å²) in [5, 5.41) is 0.652. The van der Waals surface area contributed by atoms with E-state index in [0.717, 1.165) is 16.7 Å². The lowest BCUT2D eigenvalue weighted by Gasteiger charge is -2.05. The van der Waals surface area contributed by atoms with Crippen molar-refractivity contribution in [1.29, 1.82) is 0 Å². The highest BCUT2D eigenvalue weighted by Crippen LogP contribution is 2.26. The molecule has 0 saturated carbocycles. The predicted octanol–water partition coefficient (Wildman–Crippen LogP) is 4.48. The Bertz CT molecular complexity index is 1200. The molecule has 146 valence electrons. The lowest BCUT2D eigenvalue weighted by Crippen LogP contribution is -2.07. The molecule has 1 N–H and O–H groups in total. The Kier molecular flexibility index (Phi) is 5.55. The molecule has 0 aliphatic heterocycles. The summed E-state index contributed by atoms with van der Waals surface area (Å²) in [5.74, 6) is 1.15. The van der Waals surface area contributed by atoms with E-state index in [2.05, 4.69) is 15.0 Å². The van der Waals surface area contributed by atoms with Crippen molar-refractivity contribution in [2.24, 2.45) is 0 Å². The van der Waals surface area contributed by atoms with Crippen molar-refractivity contribution in [3.05, 3.63) is 93.4 Å². The highest BCUT2D eigenvalue weighted by Gasteiger charge is 2.12. The molecule has 29 heavy (non-hydrogen) atoms. The van der Waals surface area contributed by atoms with Crippen molar-refractivity contribution < 1.29 is 9.15 Å². The Labute approximate surface area is 172 Å². The van der Waals surface area contributed by atoms with Crippen LogP contribution in [0.1, 0.15) is 17.0 Å². The van der Waals surface area contributed by atoms with Crippen LogP contribution in [0.2, 0.25) is 5.02 Å². The van der Waals surface area contributed by atoms with Crippen LogP contribution in [0, 0.1) is 0 Å². The van der Waals surface area contributed by atoms with E-state index in [0.29, 0.717) is 41.0 Å². The van der Waals surface area contributed by atoms with Gasteiger partial charge in [0.05, 0.1) is 30.5 Å². The SMILES string of the molecule is COCc1ccc(Cl)c(Cc2ncc(-c3ccnc(-c4ccc[nH]c4=O)c3)o2)c1. The van der Waals surface area contributed by atoms with Crippen molar-refractivity contribution in [2.45, 2.75) is 13.0 Å². The summed E-state index contributed by atoms with van der Waals surface area (Å²) in [7, 11) is 1.65. The van der Waals surface area contributed by atoms with E-state index in [9.17, 15) is 4.79 Å². The number of rotatable bonds is 6. The molecule has 0 radical (unpaired) electrons. The van der Waals surface area contributed by atoms with Gasteiger partial charge in [0, 0.05) is 30.1 Å². The fourth-order valence-electron chi connectivity index (χ4n) is 3.06. The van der Waals surface area contributed by atoms with Gasteiger partial charge in [-0.25, -0.2) is 4.98 Å². The monoisotopic (exact) mass is 407 g/mol. The van der Waals surface area contributed by atoms with Gasteiger partial charge in [0.25, 0.3) is 5.56 Å². The fourth-order valence-corrected chi connectivity index (χ4v) is 3.25. The van der Waals surface area contributed by atoms with E-state index in [1.54, 1.807) is 43.9 Å². The topological polar surface area (TPSA) is 81.0 Å². The van der Waals surface area contributed by atoms with Gasteiger partial charge < -0.3 is 14.1 Å². The Hall–Kier alpha value is -3.22. The van der Waals surface area contributed by atoms with Crippen LogP contribution >= 0.6 is 11.6 Å². The Morgan fingerprint density at radius 3 is 2.90 bits per heavy atom. The lowest BCUT2D eigenvalue weighted by atomic mass is 10.1. The summed E-state index contributed by atoms with van der Waals surface area (Å²) in [4.78, 5) is 23.4. The number of pyridine rings is 2. The highest BCUT2D eigenvalue weighted by atomic mass is 35.5. The molecule has 0 spiro atoms. The van der Waals surface area contributed by atoms with E-state index in [1.165, 1.54) is 0 Å². The zero-order valence-corrected chi connectivity index (χ0v) is 16.4. The Morgan fingerprint density at radius 2 is 2.07 bits per heavy atom. The van der Waals surface area contributed by atoms with Crippen LogP contribution in [-0.4, -0.2) is 22.1 Å². The van der Waals surface area contributed by atoms with Crippen molar-refractivity contribution in [3.8, 4) is 22.6 Å². The molecule has 0 aliphatic carbocycles. The normalized spacial score (nSPS) is 11.0. The number of ether oxygens (including phenoxy) is 1. The quantitative estimate of drug-likeness (QED) is 0.509. The highest BCUT2D eigenvalue weighted by molar-refractivity contribution is 6.31. The minimum absolute atomic E-state index is 0.194. The second-order valence-corrected chi connectivity index (χ2v) is 6.90. The molecule has 4 aromatic rings. The Balaban J connectivity index is 1.60. The number of hydrogen-bond donors (Lipinski definition) is 1. The molecule has 7 heteroatoms. The summed E-state index contributed by atoms with van der Waals surface area (Å²) in [5.41, 5.74) is 3.61. The molecule has 0 bridgehead atoms. The number of benzene rings is 1.